The summed E-state index contributed by atoms with van der Waals surface area (Å²) in [6, 6.07) is 4.17. The number of carbonyl (C=O) groups is 1. The summed E-state index contributed by atoms with van der Waals surface area (Å²) >= 11 is 4.56. The Morgan fingerprint density at radius 3 is 2.91 bits per heavy atom. The summed E-state index contributed by atoms with van der Waals surface area (Å²) in [6.45, 7) is 6.40. The normalized spacial score (nSPS) is 11.4. The second-order valence-corrected chi connectivity index (χ2v) is 8.74. The highest BCUT2D eigenvalue weighted by atomic mass is 32.2. The van der Waals surface area contributed by atoms with Gasteiger partial charge < -0.3 is 10.1 Å². The quantitative estimate of drug-likeness (QED) is 0.602. The van der Waals surface area contributed by atoms with Crippen LogP contribution in [-0.4, -0.2) is 34.1 Å². The fourth-order valence-electron chi connectivity index (χ4n) is 1.58. The highest BCUT2D eigenvalue weighted by Gasteiger charge is 2.17. The predicted octanol–water partition coefficient (Wildman–Crippen LogP) is 3.69. The van der Waals surface area contributed by atoms with Gasteiger partial charge in [-0.15, -0.1) is 21.5 Å². The third-order valence-electron chi connectivity index (χ3n) is 2.37. The second kappa shape index (κ2) is 7.94. The molecule has 1 N–H and O–H groups in total. The summed E-state index contributed by atoms with van der Waals surface area (Å²) in [4.78, 5) is 13.0. The molecule has 5 nitrogen and oxygen atoms in total. The van der Waals surface area contributed by atoms with Crippen LogP contribution in [0.15, 0.2) is 21.9 Å². The van der Waals surface area contributed by atoms with Crippen LogP contribution in [0.5, 0.6) is 0 Å². The molecule has 0 saturated heterocycles. The standard InChI is InChI=1S/C14H19N3O2S3/c1-14(2,3)19-11(18)9-21-13-17-16-12(22-13)15-7-6-10-5-4-8-20-10/h4-5,8H,6-7,9H2,1-3H3,(H,15,16). The van der Waals surface area contributed by atoms with Crippen molar-refractivity contribution in [1.29, 1.82) is 0 Å². The molecule has 0 radical (unpaired) electrons. The van der Waals surface area contributed by atoms with Crippen molar-refractivity contribution in [1.82, 2.24) is 10.2 Å². The van der Waals surface area contributed by atoms with Gasteiger partial charge in [0.1, 0.15) is 5.60 Å². The lowest BCUT2D eigenvalue weighted by atomic mass is 10.2. The predicted molar refractivity (Wildman–Crippen MR) is 93.0 cm³/mol. The van der Waals surface area contributed by atoms with Crippen molar-refractivity contribution in [3.05, 3.63) is 22.4 Å². The van der Waals surface area contributed by atoms with Gasteiger partial charge in [0.05, 0.1) is 5.75 Å². The Labute approximate surface area is 142 Å². The van der Waals surface area contributed by atoms with Crippen molar-refractivity contribution in [3.8, 4) is 0 Å². The number of thioether (sulfide) groups is 1. The Balaban J connectivity index is 1.71. The molecule has 2 aromatic rings. The molecule has 120 valence electrons. The Kier molecular flexibility index (Phi) is 6.22. The van der Waals surface area contributed by atoms with Gasteiger partial charge in [0, 0.05) is 11.4 Å². The summed E-state index contributed by atoms with van der Waals surface area (Å²) < 4.78 is 6.02. The number of ether oxygens (including phenoxy) is 1. The number of carbonyl (C=O) groups excluding carboxylic acids is 1. The van der Waals surface area contributed by atoms with Gasteiger partial charge >= 0.3 is 5.97 Å². The topological polar surface area (TPSA) is 64.1 Å². The zero-order valence-corrected chi connectivity index (χ0v) is 15.2. The average Bonchev–Trinajstić information content (AvgIpc) is 3.06. The van der Waals surface area contributed by atoms with Crippen LogP contribution in [-0.2, 0) is 16.0 Å². The summed E-state index contributed by atoms with van der Waals surface area (Å²) in [7, 11) is 0. The van der Waals surface area contributed by atoms with E-state index < -0.39 is 5.60 Å². The zero-order valence-electron chi connectivity index (χ0n) is 12.8. The average molecular weight is 358 g/mol. The Morgan fingerprint density at radius 2 is 2.23 bits per heavy atom. The van der Waals surface area contributed by atoms with Crippen molar-refractivity contribution < 1.29 is 9.53 Å². The maximum Gasteiger partial charge on any atom is 0.316 e. The number of anilines is 1. The Morgan fingerprint density at radius 1 is 1.41 bits per heavy atom. The fraction of sp³-hybridized carbons (Fsp3) is 0.500. The number of aromatic nitrogens is 2. The molecule has 0 aliphatic carbocycles. The van der Waals surface area contributed by atoms with E-state index in [1.807, 2.05) is 20.8 Å². The van der Waals surface area contributed by atoms with Crippen LogP contribution in [0.1, 0.15) is 25.6 Å². The molecular weight excluding hydrogens is 338 g/mol. The summed E-state index contributed by atoms with van der Waals surface area (Å²) in [5.41, 5.74) is -0.451. The molecule has 0 spiro atoms. The van der Waals surface area contributed by atoms with E-state index in [1.54, 1.807) is 11.3 Å². The number of nitrogens with one attached hydrogen (secondary N) is 1. The van der Waals surface area contributed by atoms with Crippen LogP contribution in [0.2, 0.25) is 0 Å². The Hall–Kier alpha value is -1.12. The number of hydrogen-bond donors (Lipinski definition) is 1. The first-order valence-corrected chi connectivity index (χ1v) is 9.55. The highest BCUT2D eigenvalue weighted by Crippen LogP contribution is 2.26. The summed E-state index contributed by atoms with van der Waals surface area (Å²) in [6.07, 6.45) is 0.970. The van der Waals surface area contributed by atoms with Gasteiger partial charge in [0.2, 0.25) is 5.13 Å². The fourth-order valence-corrected chi connectivity index (χ4v) is 3.84. The van der Waals surface area contributed by atoms with E-state index in [0.717, 1.165) is 22.4 Å². The summed E-state index contributed by atoms with van der Waals surface area (Å²) in [5.74, 6) is 0.0149. The van der Waals surface area contributed by atoms with Crippen LogP contribution in [0.3, 0.4) is 0 Å². The maximum atomic E-state index is 11.6. The summed E-state index contributed by atoms with van der Waals surface area (Å²) in [5, 5.41) is 14.2. The van der Waals surface area contributed by atoms with Gasteiger partial charge in [-0.2, -0.15) is 0 Å². The minimum absolute atomic E-state index is 0.236. The number of thiophene rings is 1. The lowest BCUT2D eigenvalue weighted by Crippen LogP contribution is -2.24. The van der Waals surface area contributed by atoms with Crippen molar-refractivity contribution >= 4 is 45.5 Å². The molecule has 0 atom stereocenters. The SMILES string of the molecule is CC(C)(C)OC(=O)CSc1nnc(NCCc2cccs2)s1. The van der Waals surface area contributed by atoms with Crippen LogP contribution in [0, 0.1) is 0 Å². The minimum Gasteiger partial charge on any atom is -0.459 e. The Bertz CT molecular complexity index is 591. The van der Waals surface area contributed by atoms with Crippen molar-refractivity contribution in [2.24, 2.45) is 0 Å². The lowest BCUT2D eigenvalue weighted by Gasteiger charge is -2.18. The molecule has 0 aliphatic rings. The van der Waals surface area contributed by atoms with Gasteiger partial charge in [-0.1, -0.05) is 29.2 Å². The van der Waals surface area contributed by atoms with E-state index >= 15 is 0 Å². The monoisotopic (exact) mass is 357 g/mol. The van der Waals surface area contributed by atoms with E-state index in [0.29, 0.717) is 0 Å². The molecule has 0 amide bonds. The molecule has 0 bridgehead atoms. The van der Waals surface area contributed by atoms with Crippen molar-refractivity contribution in [3.63, 3.8) is 0 Å². The molecule has 8 heteroatoms. The van der Waals surface area contributed by atoms with Crippen LogP contribution < -0.4 is 5.32 Å². The van der Waals surface area contributed by atoms with Crippen LogP contribution in [0.25, 0.3) is 0 Å². The maximum absolute atomic E-state index is 11.6. The first kappa shape index (κ1) is 17.2. The number of hydrogen-bond acceptors (Lipinski definition) is 8. The first-order valence-electron chi connectivity index (χ1n) is 6.87. The third kappa shape index (κ3) is 6.33. The minimum atomic E-state index is -0.451. The highest BCUT2D eigenvalue weighted by molar-refractivity contribution is 8.01. The molecule has 0 aliphatic heterocycles. The molecule has 0 saturated carbocycles. The first-order chi connectivity index (χ1) is 10.4. The van der Waals surface area contributed by atoms with Crippen LogP contribution >= 0.6 is 34.4 Å². The molecule has 2 heterocycles. The van der Waals surface area contributed by atoms with Crippen LogP contribution in [0.4, 0.5) is 5.13 Å². The molecule has 0 aromatic carbocycles. The number of nitrogens with zero attached hydrogens (tertiary/aromatic N) is 2. The second-order valence-electron chi connectivity index (χ2n) is 5.50. The largest absolute Gasteiger partial charge is 0.459 e. The van der Waals surface area contributed by atoms with Gasteiger partial charge in [-0.25, -0.2) is 0 Å². The van der Waals surface area contributed by atoms with Gasteiger partial charge in [-0.3, -0.25) is 4.79 Å². The molecular formula is C14H19N3O2S3. The molecule has 2 aromatic heterocycles. The van der Waals surface area contributed by atoms with E-state index in [2.05, 4.69) is 33.0 Å². The molecule has 2 rings (SSSR count). The van der Waals surface area contributed by atoms with Gasteiger partial charge in [-0.05, 0) is 38.6 Å². The van der Waals surface area contributed by atoms with E-state index in [1.165, 1.54) is 28.0 Å². The van der Waals surface area contributed by atoms with E-state index in [4.69, 9.17) is 4.74 Å². The van der Waals surface area contributed by atoms with E-state index in [9.17, 15) is 4.79 Å². The third-order valence-corrected chi connectivity index (χ3v) is 5.29. The zero-order chi connectivity index (χ0) is 16.0. The van der Waals surface area contributed by atoms with Gasteiger partial charge in [0.15, 0.2) is 4.34 Å². The smallest absolute Gasteiger partial charge is 0.316 e. The molecule has 0 unspecified atom stereocenters. The van der Waals surface area contributed by atoms with Crippen molar-refractivity contribution in [2.45, 2.75) is 37.1 Å². The van der Waals surface area contributed by atoms with Gasteiger partial charge in [0.25, 0.3) is 0 Å². The number of esters is 1. The van der Waals surface area contributed by atoms with Crippen molar-refractivity contribution in [2.75, 3.05) is 17.6 Å². The van der Waals surface area contributed by atoms with E-state index in [-0.39, 0.29) is 11.7 Å². The molecule has 22 heavy (non-hydrogen) atoms. The lowest BCUT2D eigenvalue weighted by molar-refractivity contribution is -0.151. The molecule has 0 fully saturated rings. The number of rotatable bonds is 7.